The van der Waals surface area contributed by atoms with Crippen LogP contribution in [0.1, 0.15) is 37.8 Å². The lowest BCUT2D eigenvalue weighted by molar-refractivity contribution is -0.148. The van der Waals surface area contributed by atoms with E-state index in [4.69, 9.17) is 4.74 Å². The van der Waals surface area contributed by atoms with E-state index in [1.807, 2.05) is 4.90 Å². The van der Waals surface area contributed by atoms with E-state index in [0.29, 0.717) is 38.3 Å². The largest absolute Gasteiger partial charge is 0.469 e. The van der Waals surface area contributed by atoms with E-state index >= 15 is 0 Å². The van der Waals surface area contributed by atoms with Crippen LogP contribution in [-0.4, -0.2) is 37.0 Å². The number of hydrogen-bond donors (Lipinski definition) is 0. The molecule has 1 aliphatic heterocycles. The molecular weight excluding hydrogens is 290 g/mol. The van der Waals surface area contributed by atoms with Crippen LogP contribution in [0.4, 0.5) is 0 Å². The fraction of sp³-hybridized carbons (Fsp3) is 0.579. The minimum Gasteiger partial charge on any atom is -0.469 e. The Morgan fingerprint density at radius 3 is 2.22 bits per heavy atom. The van der Waals surface area contributed by atoms with Gasteiger partial charge in [-0.3, -0.25) is 9.59 Å². The first-order valence-electron chi connectivity index (χ1n) is 8.43. The van der Waals surface area contributed by atoms with Gasteiger partial charge in [0.25, 0.3) is 0 Å². The number of ether oxygens (including phenoxy) is 1. The predicted octanol–water partition coefficient (Wildman–Crippen LogP) is 2.84. The highest BCUT2D eigenvalue weighted by Crippen LogP contribution is 2.19. The summed E-state index contributed by atoms with van der Waals surface area (Å²) in [6, 6.07) is 8.34. The molecular formula is C19H27NO3. The zero-order chi connectivity index (χ0) is 16.8. The molecule has 0 aliphatic carbocycles. The molecule has 1 aliphatic rings. The van der Waals surface area contributed by atoms with Crippen molar-refractivity contribution in [2.75, 3.05) is 20.2 Å². The summed E-state index contributed by atoms with van der Waals surface area (Å²) >= 11 is 0. The molecule has 4 nitrogen and oxygen atoms in total. The summed E-state index contributed by atoms with van der Waals surface area (Å²) in [4.78, 5) is 25.8. The monoisotopic (exact) mass is 317 g/mol. The molecule has 1 aromatic carbocycles. The van der Waals surface area contributed by atoms with Crippen molar-refractivity contribution < 1.29 is 14.3 Å². The van der Waals surface area contributed by atoms with Gasteiger partial charge in [-0.25, -0.2) is 0 Å². The molecule has 23 heavy (non-hydrogen) atoms. The van der Waals surface area contributed by atoms with Crippen LogP contribution in [0.2, 0.25) is 0 Å². The summed E-state index contributed by atoms with van der Waals surface area (Å²) in [7, 11) is 1.42. The van der Waals surface area contributed by atoms with Crippen LogP contribution in [0.5, 0.6) is 0 Å². The maximum atomic E-state index is 12.4. The first-order chi connectivity index (χ1) is 11.0. The van der Waals surface area contributed by atoms with Gasteiger partial charge in [0, 0.05) is 13.1 Å². The van der Waals surface area contributed by atoms with Gasteiger partial charge in [0.05, 0.1) is 19.4 Å². The highest BCUT2D eigenvalue weighted by Gasteiger charge is 2.27. The van der Waals surface area contributed by atoms with Gasteiger partial charge in [0.15, 0.2) is 0 Å². The summed E-state index contributed by atoms with van der Waals surface area (Å²) in [6.45, 7) is 5.69. The fourth-order valence-electron chi connectivity index (χ4n) is 3.08. The van der Waals surface area contributed by atoms with Crippen molar-refractivity contribution in [1.82, 2.24) is 4.90 Å². The Morgan fingerprint density at radius 1 is 1.13 bits per heavy atom. The van der Waals surface area contributed by atoms with E-state index in [0.717, 1.165) is 12.0 Å². The summed E-state index contributed by atoms with van der Waals surface area (Å²) in [5, 5.41) is 0. The summed E-state index contributed by atoms with van der Waals surface area (Å²) in [5.74, 6) is 0.570. The van der Waals surface area contributed by atoms with Gasteiger partial charge in [-0.1, -0.05) is 38.1 Å². The van der Waals surface area contributed by atoms with E-state index in [-0.39, 0.29) is 17.8 Å². The maximum Gasteiger partial charge on any atom is 0.308 e. The lowest BCUT2D eigenvalue weighted by Crippen LogP contribution is -2.41. The van der Waals surface area contributed by atoms with Gasteiger partial charge in [0.2, 0.25) is 5.91 Å². The maximum absolute atomic E-state index is 12.4. The number of carbonyl (C=O) groups is 2. The zero-order valence-electron chi connectivity index (χ0n) is 14.4. The van der Waals surface area contributed by atoms with Crippen molar-refractivity contribution in [2.45, 2.75) is 39.5 Å². The van der Waals surface area contributed by atoms with E-state index < -0.39 is 0 Å². The normalized spacial score (nSPS) is 15.7. The molecule has 0 atom stereocenters. The van der Waals surface area contributed by atoms with Gasteiger partial charge in [-0.15, -0.1) is 0 Å². The molecule has 0 spiro atoms. The summed E-state index contributed by atoms with van der Waals surface area (Å²) in [6.07, 6.45) is 2.90. The Labute approximate surface area is 138 Å². The van der Waals surface area contributed by atoms with Gasteiger partial charge >= 0.3 is 5.97 Å². The van der Waals surface area contributed by atoms with Crippen LogP contribution in [-0.2, 0) is 27.2 Å². The SMILES string of the molecule is COC(=O)C1CCN(C(=O)Cc2ccc(CC(C)C)cc2)CC1. The van der Waals surface area contributed by atoms with Crippen molar-refractivity contribution in [3.8, 4) is 0 Å². The van der Waals surface area contributed by atoms with Crippen molar-refractivity contribution in [1.29, 1.82) is 0 Å². The second kappa shape index (κ2) is 8.14. The molecule has 1 fully saturated rings. The van der Waals surface area contributed by atoms with Crippen LogP contribution in [0.3, 0.4) is 0 Å². The van der Waals surface area contributed by atoms with Crippen LogP contribution >= 0.6 is 0 Å². The van der Waals surface area contributed by atoms with Crippen LogP contribution in [0, 0.1) is 11.8 Å². The lowest BCUT2D eigenvalue weighted by atomic mass is 9.96. The smallest absolute Gasteiger partial charge is 0.308 e. The molecule has 2 rings (SSSR count). The Hall–Kier alpha value is -1.84. The summed E-state index contributed by atoms with van der Waals surface area (Å²) < 4.78 is 4.78. The molecule has 1 saturated heterocycles. The molecule has 0 N–H and O–H groups in total. The zero-order valence-corrected chi connectivity index (χ0v) is 14.4. The fourth-order valence-corrected chi connectivity index (χ4v) is 3.08. The van der Waals surface area contributed by atoms with Gasteiger partial charge in [-0.05, 0) is 36.3 Å². The quantitative estimate of drug-likeness (QED) is 0.785. The number of methoxy groups -OCH3 is 1. The highest BCUT2D eigenvalue weighted by molar-refractivity contribution is 5.79. The molecule has 0 aromatic heterocycles. The van der Waals surface area contributed by atoms with Crippen LogP contribution < -0.4 is 0 Å². The lowest BCUT2D eigenvalue weighted by Gasteiger charge is -2.30. The third-order valence-corrected chi connectivity index (χ3v) is 4.40. The van der Waals surface area contributed by atoms with Crippen LogP contribution in [0.25, 0.3) is 0 Å². The number of hydrogen-bond acceptors (Lipinski definition) is 3. The molecule has 1 amide bonds. The van der Waals surface area contributed by atoms with E-state index in [1.54, 1.807) is 0 Å². The van der Waals surface area contributed by atoms with E-state index in [1.165, 1.54) is 12.7 Å². The molecule has 0 unspecified atom stereocenters. The van der Waals surface area contributed by atoms with Crippen molar-refractivity contribution >= 4 is 11.9 Å². The van der Waals surface area contributed by atoms with Gasteiger partial charge < -0.3 is 9.64 Å². The second-order valence-corrected chi connectivity index (χ2v) is 6.77. The number of likely N-dealkylation sites (tertiary alicyclic amines) is 1. The van der Waals surface area contributed by atoms with Crippen molar-refractivity contribution in [3.05, 3.63) is 35.4 Å². The number of benzene rings is 1. The average molecular weight is 317 g/mol. The molecule has 1 aromatic rings. The molecule has 0 saturated carbocycles. The highest BCUT2D eigenvalue weighted by atomic mass is 16.5. The molecule has 0 radical (unpaired) electrons. The Bertz CT molecular complexity index is 528. The van der Waals surface area contributed by atoms with Gasteiger partial charge in [-0.2, -0.15) is 0 Å². The minimum absolute atomic E-state index is 0.0561. The second-order valence-electron chi connectivity index (χ2n) is 6.77. The Balaban J connectivity index is 1.84. The van der Waals surface area contributed by atoms with E-state index in [9.17, 15) is 9.59 Å². The predicted molar refractivity (Wildman–Crippen MR) is 90.0 cm³/mol. The molecule has 1 heterocycles. The third kappa shape index (κ3) is 5.08. The first-order valence-corrected chi connectivity index (χ1v) is 8.43. The number of amides is 1. The van der Waals surface area contributed by atoms with Crippen molar-refractivity contribution in [3.63, 3.8) is 0 Å². The van der Waals surface area contributed by atoms with Gasteiger partial charge in [0.1, 0.15) is 0 Å². The summed E-state index contributed by atoms with van der Waals surface area (Å²) in [5.41, 5.74) is 2.37. The molecule has 126 valence electrons. The van der Waals surface area contributed by atoms with E-state index in [2.05, 4.69) is 38.1 Å². The Morgan fingerprint density at radius 2 is 1.70 bits per heavy atom. The molecule has 4 heteroatoms. The van der Waals surface area contributed by atoms with Crippen LogP contribution in [0.15, 0.2) is 24.3 Å². The minimum atomic E-state index is -0.155. The first kappa shape index (κ1) is 17.5. The molecule has 0 bridgehead atoms. The third-order valence-electron chi connectivity index (χ3n) is 4.40. The number of esters is 1. The number of piperidine rings is 1. The number of rotatable bonds is 5. The standard InChI is InChI=1S/C19H27NO3/c1-14(2)12-15-4-6-16(7-5-15)13-18(21)20-10-8-17(9-11-20)19(22)23-3/h4-7,14,17H,8-13H2,1-3H3. The number of nitrogens with zero attached hydrogens (tertiary/aromatic N) is 1. The average Bonchev–Trinajstić information content (AvgIpc) is 2.55. The Kier molecular flexibility index (Phi) is 6.20. The topological polar surface area (TPSA) is 46.6 Å². The number of carbonyl (C=O) groups excluding carboxylic acids is 2. The van der Waals surface area contributed by atoms with Crippen molar-refractivity contribution in [2.24, 2.45) is 11.8 Å².